The fourth-order valence-electron chi connectivity index (χ4n) is 15.1. The topological polar surface area (TPSA) is 18.5 Å². The summed E-state index contributed by atoms with van der Waals surface area (Å²) in [6, 6.07) is 108. The zero-order valence-electron chi connectivity index (χ0n) is 51.8. The maximum atomic E-state index is 7.90. The number of unbranched alkanes of at least 4 members (excludes halogenated alkanes) is 2. The first kappa shape index (κ1) is 55.0. The molecule has 0 spiro atoms. The summed E-state index contributed by atoms with van der Waals surface area (Å²) in [5.74, 6) is 1.84. The molecular formula is C90H66O2. The highest BCUT2D eigenvalue weighted by Gasteiger charge is 2.33. The van der Waals surface area contributed by atoms with E-state index in [4.69, 9.17) is 9.47 Å². The molecule has 4 bridgehead atoms. The van der Waals surface area contributed by atoms with Gasteiger partial charge >= 0.3 is 0 Å². The molecule has 0 radical (unpaired) electrons. The Labute approximate surface area is 536 Å². The number of rotatable bonds is 16. The van der Waals surface area contributed by atoms with E-state index >= 15 is 0 Å². The number of hydrogen-bond donors (Lipinski definition) is 0. The van der Waals surface area contributed by atoms with Gasteiger partial charge in [-0.2, -0.15) is 0 Å². The molecule has 0 saturated heterocycles. The van der Waals surface area contributed by atoms with Gasteiger partial charge in [0, 0.05) is 43.1 Å². The molecule has 0 amide bonds. The minimum Gasteiger partial charge on any atom is -0.492 e. The zero-order chi connectivity index (χ0) is 61.2. The van der Waals surface area contributed by atoms with Crippen molar-refractivity contribution in [2.24, 2.45) is 0 Å². The van der Waals surface area contributed by atoms with Crippen LogP contribution in [0, 0.1) is 0 Å². The first-order chi connectivity index (χ1) is 45.6. The normalized spacial score (nSPS) is 11.8. The van der Waals surface area contributed by atoms with Gasteiger partial charge in [0.15, 0.2) is 0 Å². The monoisotopic (exact) mass is 1180 g/mol. The van der Waals surface area contributed by atoms with Gasteiger partial charge < -0.3 is 9.47 Å². The molecule has 0 saturated carbocycles. The summed E-state index contributed by atoms with van der Waals surface area (Å²) in [6.07, 6.45) is 3.76. The van der Waals surface area contributed by atoms with Gasteiger partial charge in [-0.25, -0.2) is 0 Å². The van der Waals surface area contributed by atoms with Crippen LogP contribution >= 0.6 is 0 Å². The van der Waals surface area contributed by atoms with Crippen LogP contribution < -0.4 is 9.47 Å². The summed E-state index contributed by atoms with van der Waals surface area (Å²) in [4.78, 5) is 0. The lowest BCUT2D eigenvalue weighted by molar-refractivity contribution is 0.312. The Kier molecular flexibility index (Phi) is 13.8. The molecule has 0 heterocycles. The molecule has 0 N–H and O–H groups in total. The van der Waals surface area contributed by atoms with Gasteiger partial charge in [0.2, 0.25) is 0 Å². The van der Waals surface area contributed by atoms with Gasteiger partial charge in [-0.05, 0) is 193 Å². The third-order valence-electron chi connectivity index (χ3n) is 19.4. The second-order valence-electron chi connectivity index (χ2n) is 24.8. The minimum atomic E-state index is 0.547. The molecule has 19 aromatic rings. The van der Waals surface area contributed by atoms with Gasteiger partial charge in [0.25, 0.3) is 0 Å². The van der Waals surface area contributed by atoms with E-state index < -0.39 is 0 Å². The number of ether oxygens (including phenoxy) is 2. The SMILES string of the molecule is CCCCOc1c2c(c(OCCCC)c3c1c1c4cc(-c5ccccc5)c(-c5ccccc5)cc4c3c3cc(-c4ccccc4)c(-c4ccccc4)cc31)c1c3cc(-c4ccccc4)c(-c4ccccc4)cc3c2c2cc(-c3ccccc3)c(-c3ccccc3)cc21. The quantitative estimate of drug-likeness (QED) is 0.0709. The van der Waals surface area contributed by atoms with Crippen molar-refractivity contribution in [3.63, 3.8) is 0 Å². The summed E-state index contributed by atoms with van der Waals surface area (Å²) in [5.41, 5.74) is 18.9. The maximum absolute atomic E-state index is 7.90. The molecule has 0 aliphatic heterocycles. The van der Waals surface area contributed by atoms with Crippen LogP contribution in [0.1, 0.15) is 39.5 Å². The molecule has 0 fully saturated rings. The fourth-order valence-corrected chi connectivity index (χ4v) is 15.1. The molecule has 92 heavy (non-hydrogen) atoms. The second-order valence-corrected chi connectivity index (χ2v) is 24.8. The van der Waals surface area contributed by atoms with Crippen molar-refractivity contribution in [1.29, 1.82) is 0 Å². The predicted octanol–water partition coefficient (Wildman–Crippen LogP) is 25.5. The van der Waals surface area contributed by atoms with Crippen molar-refractivity contribution in [3.8, 4) is 101 Å². The van der Waals surface area contributed by atoms with Crippen molar-refractivity contribution < 1.29 is 9.47 Å². The number of benzene rings is 19. The Balaban J connectivity index is 1.17. The summed E-state index contributed by atoms with van der Waals surface area (Å²) in [5, 5.41) is 18.7. The first-order valence-corrected chi connectivity index (χ1v) is 32.8. The third kappa shape index (κ3) is 8.99. The molecular weight excluding hydrogens is 1110 g/mol. The summed E-state index contributed by atoms with van der Waals surface area (Å²) >= 11 is 0. The average molecular weight is 1180 g/mol. The molecule has 19 rings (SSSR count). The fraction of sp³-hybridized carbons (Fsp3) is 0.0889. The standard InChI is InChI=1S/C90H66O2/c1-3-5-47-91-89-85-81-73-49-65(57-31-15-7-16-32-57)69(61-39-23-11-24-40-61)53-77(73)83(78-54-70(62-41-25-12-26-42-62)66(50-74(78)81)58-33-17-8-18-34-58)87(85)90(92-48-6-4-2)88-84-79-55-71(63-43-27-13-28-44-63)67(59-35-19-9-20-36-59)51-75(79)82(86(88)89)76-52-68(60-37-21-10-22-38-60)72(56-80(76)84)64-45-29-14-30-46-64/h7-46,49-56H,3-6,47-48H2,1-2H3. The highest BCUT2D eigenvalue weighted by atomic mass is 16.5. The lowest BCUT2D eigenvalue weighted by Crippen LogP contribution is -2.06. The molecule has 438 valence electrons. The van der Waals surface area contributed by atoms with E-state index in [1.807, 2.05) is 0 Å². The van der Waals surface area contributed by atoms with E-state index in [9.17, 15) is 0 Å². The summed E-state index contributed by atoms with van der Waals surface area (Å²) in [6.45, 7) is 5.63. The van der Waals surface area contributed by atoms with Crippen molar-refractivity contribution in [3.05, 3.63) is 291 Å². The highest BCUT2D eigenvalue weighted by Crippen LogP contribution is 2.62. The molecule has 0 aliphatic rings. The molecule has 0 aromatic heterocycles. The van der Waals surface area contributed by atoms with E-state index in [1.165, 1.54) is 154 Å². The van der Waals surface area contributed by atoms with E-state index in [2.05, 4.69) is 305 Å². The van der Waals surface area contributed by atoms with Crippen molar-refractivity contribution >= 4 is 86.2 Å². The third-order valence-corrected chi connectivity index (χ3v) is 19.4. The molecule has 0 atom stereocenters. The molecule has 2 nitrogen and oxygen atoms in total. The van der Waals surface area contributed by atoms with Crippen LogP contribution in [0.25, 0.3) is 175 Å². The Morgan fingerprint density at radius 2 is 0.348 bits per heavy atom. The van der Waals surface area contributed by atoms with Gasteiger partial charge in [-0.1, -0.05) is 269 Å². The minimum absolute atomic E-state index is 0.547. The van der Waals surface area contributed by atoms with Gasteiger partial charge in [0.1, 0.15) is 11.5 Å². The van der Waals surface area contributed by atoms with Crippen molar-refractivity contribution in [1.82, 2.24) is 0 Å². The van der Waals surface area contributed by atoms with Crippen LogP contribution in [0.3, 0.4) is 0 Å². The molecule has 19 aromatic carbocycles. The Morgan fingerprint density at radius 1 is 0.196 bits per heavy atom. The molecule has 0 aliphatic carbocycles. The Hall–Kier alpha value is -11.1. The van der Waals surface area contributed by atoms with Crippen molar-refractivity contribution in [2.75, 3.05) is 13.2 Å². The lowest BCUT2D eigenvalue weighted by atomic mass is 9.76. The first-order valence-electron chi connectivity index (χ1n) is 32.8. The highest BCUT2D eigenvalue weighted by molar-refractivity contribution is 6.50. The molecule has 0 unspecified atom stereocenters. The lowest BCUT2D eigenvalue weighted by Gasteiger charge is -2.29. The molecule has 2 heteroatoms. The zero-order valence-corrected chi connectivity index (χ0v) is 51.8. The smallest absolute Gasteiger partial charge is 0.136 e. The van der Waals surface area contributed by atoms with Gasteiger partial charge in [-0.3, -0.25) is 0 Å². The second kappa shape index (κ2) is 23.1. The van der Waals surface area contributed by atoms with E-state index in [0.29, 0.717) is 13.2 Å². The Morgan fingerprint density at radius 3 is 0.489 bits per heavy atom. The Bertz CT molecular complexity index is 4590. The van der Waals surface area contributed by atoms with Crippen LogP contribution in [-0.2, 0) is 0 Å². The largest absolute Gasteiger partial charge is 0.492 e. The van der Waals surface area contributed by atoms with Crippen LogP contribution in [0.15, 0.2) is 291 Å². The average Bonchev–Trinajstić information content (AvgIpc) is 0.664. The summed E-state index contributed by atoms with van der Waals surface area (Å²) < 4.78 is 15.8. The van der Waals surface area contributed by atoms with E-state index in [1.54, 1.807) is 0 Å². The van der Waals surface area contributed by atoms with Crippen LogP contribution in [0.2, 0.25) is 0 Å². The number of hydrogen-bond acceptors (Lipinski definition) is 2. The van der Waals surface area contributed by atoms with E-state index in [0.717, 1.165) is 58.7 Å². The van der Waals surface area contributed by atoms with Gasteiger partial charge in [0.05, 0.1) is 13.2 Å². The van der Waals surface area contributed by atoms with Crippen LogP contribution in [-0.4, -0.2) is 13.2 Å². The summed E-state index contributed by atoms with van der Waals surface area (Å²) in [7, 11) is 0. The van der Waals surface area contributed by atoms with Crippen LogP contribution in [0.4, 0.5) is 0 Å². The maximum Gasteiger partial charge on any atom is 0.136 e. The van der Waals surface area contributed by atoms with E-state index in [-0.39, 0.29) is 0 Å². The van der Waals surface area contributed by atoms with Crippen molar-refractivity contribution in [2.45, 2.75) is 39.5 Å². The predicted molar refractivity (Wildman–Crippen MR) is 393 cm³/mol. The van der Waals surface area contributed by atoms with Crippen LogP contribution in [0.5, 0.6) is 11.5 Å². The van der Waals surface area contributed by atoms with Gasteiger partial charge in [-0.15, -0.1) is 0 Å².